The highest BCUT2D eigenvalue weighted by atomic mass is 19.4. The van der Waals surface area contributed by atoms with Crippen LogP contribution in [-0.4, -0.2) is 23.1 Å². The maximum atomic E-state index is 12.3. The van der Waals surface area contributed by atoms with Gasteiger partial charge in [-0.1, -0.05) is 0 Å². The molecule has 84 valence electrons. The van der Waals surface area contributed by atoms with Gasteiger partial charge in [0.05, 0.1) is 0 Å². The van der Waals surface area contributed by atoms with Crippen molar-refractivity contribution in [2.24, 2.45) is 0 Å². The Balaban J connectivity index is 5.73. The van der Waals surface area contributed by atoms with Gasteiger partial charge in [-0.15, -0.1) is 0 Å². The topological polar surface area (TPSA) is 20.2 Å². The van der Waals surface area contributed by atoms with Gasteiger partial charge < -0.3 is 5.11 Å². The molecule has 0 heterocycles. The maximum absolute atomic E-state index is 12.3. The number of hydrogen-bond donors (Lipinski definition) is 1. The standard InChI is InChI=1S/C7H8F6O/c1-4(6(8,9)10)3-5(2,14)7(11,12)13/h3,14H,1-2H3/i2D3. The summed E-state index contributed by atoms with van der Waals surface area (Å²) in [6.07, 6.45) is -11.6. The summed E-state index contributed by atoms with van der Waals surface area (Å²) in [6.45, 7) is -3.82. The third-order valence-electron chi connectivity index (χ3n) is 1.30. The summed E-state index contributed by atoms with van der Waals surface area (Å²) in [4.78, 5) is 0. The van der Waals surface area contributed by atoms with Crippen LogP contribution in [-0.2, 0) is 0 Å². The van der Waals surface area contributed by atoms with Crippen LogP contribution < -0.4 is 0 Å². The van der Waals surface area contributed by atoms with Gasteiger partial charge in [0, 0.05) is 9.69 Å². The average molecular weight is 225 g/mol. The van der Waals surface area contributed by atoms with Crippen LogP contribution in [0.4, 0.5) is 26.3 Å². The fourth-order valence-corrected chi connectivity index (χ4v) is 0.477. The predicted octanol–water partition coefficient (Wildman–Crippen LogP) is 2.81. The normalized spacial score (nSPS) is 23.4. The van der Waals surface area contributed by atoms with Crippen molar-refractivity contribution < 1.29 is 35.6 Å². The summed E-state index contributed by atoms with van der Waals surface area (Å²) >= 11 is 0. The van der Waals surface area contributed by atoms with Crippen LogP contribution in [0.1, 0.15) is 17.9 Å². The van der Waals surface area contributed by atoms with Gasteiger partial charge in [-0.25, -0.2) is 0 Å². The molecule has 1 unspecified atom stereocenters. The minimum absolute atomic E-state index is 0.239. The fourth-order valence-electron chi connectivity index (χ4n) is 0.477. The number of halogens is 6. The SMILES string of the molecule is [2H]C([2H])([2H])C(O)(C=C(C)C(F)(F)F)C(F)(F)F. The van der Waals surface area contributed by atoms with Crippen LogP contribution in [0.5, 0.6) is 0 Å². The third-order valence-corrected chi connectivity index (χ3v) is 1.30. The highest BCUT2D eigenvalue weighted by Crippen LogP contribution is 2.35. The molecule has 0 rings (SSSR count). The van der Waals surface area contributed by atoms with Gasteiger partial charge in [0.2, 0.25) is 0 Å². The van der Waals surface area contributed by atoms with Crippen LogP contribution in [0.3, 0.4) is 0 Å². The van der Waals surface area contributed by atoms with E-state index in [4.69, 9.17) is 9.22 Å². The van der Waals surface area contributed by atoms with E-state index >= 15 is 0 Å². The maximum Gasteiger partial charge on any atom is 0.420 e. The van der Waals surface area contributed by atoms with Crippen LogP contribution >= 0.6 is 0 Å². The Hall–Kier alpha value is -0.720. The predicted molar refractivity (Wildman–Crippen MR) is 36.5 cm³/mol. The van der Waals surface area contributed by atoms with Crippen molar-refractivity contribution in [3.05, 3.63) is 11.6 Å². The lowest BCUT2D eigenvalue weighted by molar-refractivity contribution is -0.233. The molecule has 0 aromatic rings. The summed E-state index contributed by atoms with van der Waals surface area (Å²) in [5, 5.41) is 8.95. The smallest absolute Gasteiger partial charge is 0.377 e. The Morgan fingerprint density at radius 3 is 1.86 bits per heavy atom. The molecular weight excluding hydrogens is 214 g/mol. The fraction of sp³-hybridized carbons (Fsp3) is 0.714. The zero-order valence-corrected chi connectivity index (χ0v) is 6.79. The van der Waals surface area contributed by atoms with E-state index < -0.39 is 36.5 Å². The molecule has 1 N–H and O–H groups in total. The highest BCUT2D eigenvalue weighted by molar-refractivity contribution is 5.14. The average Bonchev–Trinajstić information content (AvgIpc) is 1.97. The molecule has 0 amide bonds. The number of hydrogen-bond acceptors (Lipinski definition) is 1. The van der Waals surface area contributed by atoms with E-state index in [2.05, 4.69) is 0 Å². The first kappa shape index (κ1) is 8.58. The van der Waals surface area contributed by atoms with Crippen molar-refractivity contribution in [2.75, 3.05) is 0 Å². The molecule has 0 saturated carbocycles. The van der Waals surface area contributed by atoms with Crippen LogP contribution in [0.2, 0.25) is 0 Å². The molecule has 0 aromatic heterocycles. The summed E-state index contributed by atoms with van der Waals surface area (Å²) in [5.41, 5.74) is -6.37. The molecule has 0 aliphatic carbocycles. The minimum atomic E-state index is -5.75. The van der Waals surface area contributed by atoms with Crippen LogP contribution in [0, 0.1) is 0 Å². The molecule has 0 spiro atoms. The van der Waals surface area contributed by atoms with E-state index in [1.54, 1.807) is 0 Å². The number of rotatable bonds is 1. The Morgan fingerprint density at radius 2 is 1.64 bits per heavy atom. The largest absolute Gasteiger partial charge is 0.420 e. The highest BCUT2D eigenvalue weighted by Gasteiger charge is 2.49. The van der Waals surface area contributed by atoms with Crippen molar-refractivity contribution in [1.29, 1.82) is 0 Å². The molecular formula is C7H8F6O. The molecule has 1 nitrogen and oxygen atoms in total. The first-order chi connectivity index (χ1) is 7.13. The van der Waals surface area contributed by atoms with Gasteiger partial charge in [0.1, 0.15) is 0 Å². The molecule has 0 aliphatic rings. The second-order valence-electron chi connectivity index (χ2n) is 2.59. The van der Waals surface area contributed by atoms with Crippen molar-refractivity contribution >= 4 is 0 Å². The number of allylic oxidation sites excluding steroid dienone is 1. The first-order valence-corrected chi connectivity index (χ1v) is 3.18. The molecule has 1 atom stereocenters. The summed E-state index contributed by atoms with van der Waals surface area (Å²) in [5.74, 6) is 0. The second kappa shape index (κ2) is 3.45. The van der Waals surface area contributed by atoms with Gasteiger partial charge in [-0.2, -0.15) is 26.3 Å². The van der Waals surface area contributed by atoms with Gasteiger partial charge in [0.15, 0.2) is 5.60 Å². The zero-order valence-electron chi connectivity index (χ0n) is 9.79. The zero-order chi connectivity index (χ0) is 14.3. The van der Waals surface area contributed by atoms with Gasteiger partial charge in [-0.3, -0.25) is 0 Å². The van der Waals surface area contributed by atoms with E-state index in [1.807, 2.05) is 0 Å². The second-order valence-corrected chi connectivity index (χ2v) is 2.59. The van der Waals surface area contributed by atoms with E-state index in [0.29, 0.717) is 0 Å². The number of alkyl halides is 6. The van der Waals surface area contributed by atoms with Crippen molar-refractivity contribution in [3.63, 3.8) is 0 Å². The quantitative estimate of drug-likeness (QED) is 0.537. The number of aliphatic hydroxyl groups is 1. The minimum Gasteiger partial charge on any atom is -0.377 e. The molecule has 7 heteroatoms. The molecule has 14 heavy (non-hydrogen) atoms. The Bertz CT molecular complexity index is 299. The van der Waals surface area contributed by atoms with Crippen LogP contribution in [0.15, 0.2) is 11.6 Å². The first-order valence-electron chi connectivity index (χ1n) is 4.68. The lowest BCUT2D eigenvalue weighted by Gasteiger charge is -2.23. The van der Waals surface area contributed by atoms with E-state index in [-0.39, 0.29) is 6.92 Å². The molecule has 0 aromatic carbocycles. The van der Waals surface area contributed by atoms with Gasteiger partial charge in [0.25, 0.3) is 0 Å². The molecule has 0 aliphatic heterocycles. The van der Waals surface area contributed by atoms with Crippen molar-refractivity contribution in [1.82, 2.24) is 0 Å². The Labute approximate surface area is 80.2 Å². The molecule has 0 fully saturated rings. The van der Waals surface area contributed by atoms with E-state index in [1.165, 1.54) is 0 Å². The van der Waals surface area contributed by atoms with E-state index in [9.17, 15) is 26.3 Å². The molecule has 0 radical (unpaired) electrons. The lowest BCUT2D eigenvalue weighted by atomic mass is 10.0. The summed E-state index contributed by atoms with van der Waals surface area (Å²) in [7, 11) is 0. The van der Waals surface area contributed by atoms with Crippen molar-refractivity contribution in [2.45, 2.75) is 31.7 Å². The summed E-state index contributed by atoms with van der Waals surface area (Å²) in [6, 6.07) is 0. The van der Waals surface area contributed by atoms with Gasteiger partial charge >= 0.3 is 12.4 Å². The summed E-state index contributed by atoms with van der Waals surface area (Å²) < 4.78 is 92.5. The third kappa shape index (κ3) is 3.21. The van der Waals surface area contributed by atoms with Crippen molar-refractivity contribution in [3.8, 4) is 0 Å². The van der Waals surface area contributed by atoms with E-state index in [0.717, 1.165) is 0 Å². The Morgan fingerprint density at radius 1 is 1.21 bits per heavy atom. The molecule has 0 bridgehead atoms. The monoisotopic (exact) mass is 225 g/mol. The van der Waals surface area contributed by atoms with Gasteiger partial charge in [-0.05, 0) is 19.9 Å². The van der Waals surface area contributed by atoms with Crippen LogP contribution in [0.25, 0.3) is 0 Å². The lowest BCUT2D eigenvalue weighted by Crippen LogP contribution is -2.41. The molecule has 0 saturated heterocycles. The Kier molecular flexibility index (Phi) is 2.11.